The van der Waals surface area contributed by atoms with Crippen molar-refractivity contribution in [2.45, 2.75) is 39.7 Å². The summed E-state index contributed by atoms with van der Waals surface area (Å²) in [5.74, 6) is 0.966. The third-order valence-electron chi connectivity index (χ3n) is 4.10. The second kappa shape index (κ2) is 7.60. The molecule has 1 aromatic rings. The first-order chi connectivity index (χ1) is 9.72. The van der Waals surface area contributed by atoms with E-state index in [-0.39, 0.29) is 0 Å². The van der Waals surface area contributed by atoms with Crippen LogP contribution in [0.1, 0.15) is 36.1 Å². The van der Waals surface area contributed by atoms with Gasteiger partial charge in [0.05, 0.1) is 12.8 Å². The highest BCUT2D eigenvalue weighted by atomic mass is 16.5. The van der Waals surface area contributed by atoms with Gasteiger partial charge >= 0.3 is 0 Å². The van der Waals surface area contributed by atoms with Gasteiger partial charge in [-0.05, 0) is 39.8 Å². The minimum Gasteiger partial charge on any atom is -0.496 e. The van der Waals surface area contributed by atoms with Crippen molar-refractivity contribution in [3.63, 3.8) is 0 Å². The van der Waals surface area contributed by atoms with Crippen LogP contribution in [0.3, 0.4) is 0 Å². The standard InChI is InChI=1S/C16H27N3O/c1-13-11-18-15(14(2)16(13)20-3)12-17-7-10-19-8-5-4-6-9-19/h11,17H,4-10,12H2,1-3H3. The van der Waals surface area contributed by atoms with Gasteiger partial charge in [0.2, 0.25) is 0 Å². The number of aromatic nitrogens is 1. The van der Waals surface area contributed by atoms with Gasteiger partial charge in [0, 0.05) is 37.0 Å². The number of hydrogen-bond donors (Lipinski definition) is 1. The molecule has 4 nitrogen and oxygen atoms in total. The van der Waals surface area contributed by atoms with Crippen LogP contribution in [0.4, 0.5) is 0 Å². The van der Waals surface area contributed by atoms with Gasteiger partial charge in [-0.3, -0.25) is 4.98 Å². The van der Waals surface area contributed by atoms with E-state index < -0.39 is 0 Å². The molecule has 0 radical (unpaired) electrons. The van der Waals surface area contributed by atoms with Crippen molar-refractivity contribution in [3.8, 4) is 5.75 Å². The number of hydrogen-bond acceptors (Lipinski definition) is 4. The Labute approximate surface area is 122 Å². The van der Waals surface area contributed by atoms with Crippen molar-refractivity contribution in [2.75, 3.05) is 33.3 Å². The third-order valence-corrected chi connectivity index (χ3v) is 4.10. The van der Waals surface area contributed by atoms with Crippen LogP contribution in [0.2, 0.25) is 0 Å². The molecule has 2 rings (SSSR count). The lowest BCUT2D eigenvalue weighted by molar-refractivity contribution is 0.229. The lowest BCUT2D eigenvalue weighted by Gasteiger charge is -2.26. The largest absolute Gasteiger partial charge is 0.496 e. The van der Waals surface area contributed by atoms with E-state index in [1.807, 2.05) is 13.1 Å². The third kappa shape index (κ3) is 3.93. The number of pyridine rings is 1. The summed E-state index contributed by atoms with van der Waals surface area (Å²) in [5, 5.41) is 3.50. The molecule has 1 N–H and O–H groups in total. The first-order valence-electron chi connectivity index (χ1n) is 7.64. The Balaban J connectivity index is 1.79. The molecule has 4 heteroatoms. The normalized spacial score (nSPS) is 16.4. The first kappa shape index (κ1) is 15.3. The van der Waals surface area contributed by atoms with Gasteiger partial charge in [-0.2, -0.15) is 0 Å². The average Bonchev–Trinajstić information content (AvgIpc) is 2.47. The van der Waals surface area contributed by atoms with E-state index >= 15 is 0 Å². The Hall–Kier alpha value is -1.13. The fourth-order valence-corrected chi connectivity index (χ4v) is 2.88. The van der Waals surface area contributed by atoms with Crippen molar-refractivity contribution in [3.05, 3.63) is 23.0 Å². The van der Waals surface area contributed by atoms with E-state index in [0.717, 1.165) is 42.2 Å². The van der Waals surface area contributed by atoms with Gasteiger partial charge in [0.1, 0.15) is 5.75 Å². The molecule has 20 heavy (non-hydrogen) atoms. The number of nitrogens with zero attached hydrogens (tertiary/aromatic N) is 2. The van der Waals surface area contributed by atoms with Crippen molar-refractivity contribution in [1.29, 1.82) is 0 Å². The predicted molar refractivity (Wildman–Crippen MR) is 82.3 cm³/mol. The fraction of sp³-hybridized carbons (Fsp3) is 0.688. The minimum atomic E-state index is 0.816. The zero-order valence-corrected chi connectivity index (χ0v) is 13.0. The number of piperidine rings is 1. The van der Waals surface area contributed by atoms with Crippen LogP contribution in [0.25, 0.3) is 0 Å². The summed E-state index contributed by atoms with van der Waals surface area (Å²) in [6, 6.07) is 0. The van der Waals surface area contributed by atoms with Gasteiger partial charge in [-0.25, -0.2) is 0 Å². The molecule has 0 aromatic carbocycles. The maximum atomic E-state index is 5.44. The molecule has 0 unspecified atom stereocenters. The zero-order chi connectivity index (χ0) is 14.4. The van der Waals surface area contributed by atoms with Crippen LogP contribution in [0.15, 0.2) is 6.20 Å². The summed E-state index contributed by atoms with van der Waals surface area (Å²) >= 11 is 0. The molecule has 0 saturated carbocycles. The van der Waals surface area contributed by atoms with Crippen LogP contribution in [0.5, 0.6) is 5.75 Å². The molecule has 112 valence electrons. The van der Waals surface area contributed by atoms with E-state index in [0.29, 0.717) is 0 Å². The highest BCUT2D eigenvalue weighted by Gasteiger charge is 2.11. The summed E-state index contributed by atoms with van der Waals surface area (Å²) in [4.78, 5) is 7.06. The lowest BCUT2D eigenvalue weighted by atomic mass is 10.1. The van der Waals surface area contributed by atoms with Gasteiger partial charge < -0.3 is 15.0 Å². The Morgan fingerprint density at radius 1 is 1.25 bits per heavy atom. The maximum absolute atomic E-state index is 5.44. The molecule has 0 spiro atoms. The Kier molecular flexibility index (Phi) is 5.80. The smallest absolute Gasteiger partial charge is 0.128 e. The quantitative estimate of drug-likeness (QED) is 0.810. The van der Waals surface area contributed by atoms with Crippen LogP contribution in [-0.2, 0) is 6.54 Å². The fourth-order valence-electron chi connectivity index (χ4n) is 2.88. The molecule has 0 bridgehead atoms. The number of ether oxygens (including phenoxy) is 1. The van der Waals surface area contributed by atoms with E-state index in [2.05, 4.69) is 22.1 Å². The van der Waals surface area contributed by atoms with Gasteiger partial charge in [-0.1, -0.05) is 6.42 Å². The summed E-state index contributed by atoms with van der Waals surface area (Å²) < 4.78 is 5.44. The van der Waals surface area contributed by atoms with Crippen LogP contribution < -0.4 is 10.1 Å². The number of rotatable bonds is 6. The number of methoxy groups -OCH3 is 1. The second-order valence-corrected chi connectivity index (χ2v) is 5.63. The highest BCUT2D eigenvalue weighted by Crippen LogP contribution is 2.23. The van der Waals surface area contributed by atoms with E-state index in [1.165, 1.54) is 32.4 Å². The summed E-state index contributed by atoms with van der Waals surface area (Å²) in [6.45, 7) is 9.62. The molecular formula is C16H27N3O. The number of aryl methyl sites for hydroxylation is 1. The number of likely N-dealkylation sites (tertiary alicyclic amines) is 1. The van der Waals surface area contributed by atoms with Crippen molar-refractivity contribution in [2.24, 2.45) is 0 Å². The minimum absolute atomic E-state index is 0.816. The topological polar surface area (TPSA) is 37.4 Å². The SMILES string of the molecule is COc1c(C)cnc(CNCCN2CCCCC2)c1C. The van der Waals surface area contributed by atoms with Crippen LogP contribution in [-0.4, -0.2) is 43.2 Å². The summed E-state index contributed by atoms with van der Waals surface area (Å²) in [6.07, 6.45) is 6.01. The molecule has 1 aliphatic heterocycles. The van der Waals surface area contributed by atoms with Gasteiger partial charge in [0.25, 0.3) is 0 Å². The molecule has 1 aliphatic rings. The molecular weight excluding hydrogens is 250 g/mol. The van der Waals surface area contributed by atoms with Crippen molar-refractivity contribution >= 4 is 0 Å². The average molecular weight is 277 g/mol. The van der Waals surface area contributed by atoms with E-state index in [4.69, 9.17) is 4.74 Å². The van der Waals surface area contributed by atoms with Crippen LogP contribution in [0, 0.1) is 13.8 Å². The molecule has 0 atom stereocenters. The highest BCUT2D eigenvalue weighted by molar-refractivity contribution is 5.40. The zero-order valence-electron chi connectivity index (χ0n) is 13.0. The number of nitrogens with one attached hydrogen (secondary N) is 1. The lowest BCUT2D eigenvalue weighted by Crippen LogP contribution is -2.35. The van der Waals surface area contributed by atoms with Crippen molar-refractivity contribution < 1.29 is 4.74 Å². The van der Waals surface area contributed by atoms with E-state index in [9.17, 15) is 0 Å². The molecule has 0 amide bonds. The van der Waals surface area contributed by atoms with Crippen LogP contribution >= 0.6 is 0 Å². The monoisotopic (exact) mass is 277 g/mol. The molecule has 1 saturated heterocycles. The Morgan fingerprint density at radius 2 is 2.00 bits per heavy atom. The second-order valence-electron chi connectivity index (χ2n) is 5.63. The molecule has 2 heterocycles. The van der Waals surface area contributed by atoms with Crippen molar-refractivity contribution in [1.82, 2.24) is 15.2 Å². The summed E-state index contributed by atoms with van der Waals surface area (Å²) in [7, 11) is 1.73. The predicted octanol–water partition coefficient (Wildman–Crippen LogP) is 2.28. The first-order valence-corrected chi connectivity index (χ1v) is 7.64. The summed E-state index contributed by atoms with van der Waals surface area (Å²) in [5.41, 5.74) is 3.34. The molecule has 1 aromatic heterocycles. The maximum Gasteiger partial charge on any atom is 0.128 e. The Bertz CT molecular complexity index is 428. The van der Waals surface area contributed by atoms with Gasteiger partial charge in [-0.15, -0.1) is 0 Å². The molecule has 1 fully saturated rings. The Morgan fingerprint density at radius 3 is 2.70 bits per heavy atom. The molecule has 0 aliphatic carbocycles. The van der Waals surface area contributed by atoms with Gasteiger partial charge in [0.15, 0.2) is 0 Å². The van der Waals surface area contributed by atoms with E-state index in [1.54, 1.807) is 7.11 Å².